The number of alkyl halides is 3. The topological polar surface area (TPSA) is 46.2 Å². The average Bonchev–Trinajstić information content (AvgIpc) is 2.39. The molecule has 0 bridgehead atoms. The van der Waals surface area contributed by atoms with Gasteiger partial charge in [-0.2, -0.15) is 13.2 Å². The van der Waals surface area contributed by atoms with Gasteiger partial charge in [0.25, 0.3) is 9.84 Å². The minimum atomic E-state index is -5.27. The van der Waals surface area contributed by atoms with Crippen molar-refractivity contribution in [2.24, 2.45) is 0 Å². The number of sulfone groups is 1. The quantitative estimate of drug-likeness (QED) is 0.872. The van der Waals surface area contributed by atoms with Crippen molar-refractivity contribution < 1.29 is 21.6 Å². The van der Waals surface area contributed by atoms with Gasteiger partial charge in [-0.05, 0) is 43.5 Å². The summed E-state index contributed by atoms with van der Waals surface area (Å²) in [5.74, 6) is 0.118. The molecule has 0 fully saturated rings. The zero-order chi connectivity index (χ0) is 16.3. The van der Waals surface area contributed by atoms with Crippen LogP contribution in [-0.4, -0.2) is 26.5 Å². The Morgan fingerprint density at radius 1 is 1.14 bits per heavy atom. The Morgan fingerprint density at radius 3 is 2.05 bits per heavy atom. The van der Waals surface area contributed by atoms with Crippen LogP contribution in [0.25, 0.3) is 0 Å². The highest BCUT2D eigenvalue weighted by molar-refractivity contribution is 7.92. The van der Waals surface area contributed by atoms with E-state index in [0.717, 1.165) is 30.7 Å². The normalized spacial score (nSPS) is 15.7. The molecule has 0 spiro atoms. The first-order chi connectivity index (χ1) is 9.65. The maximum atomic E-state index is 12.5. The van der Waals surface area contributed by atoms with Crippen LogP contribution in [0.1, 0.15) is 38.7 Å². The highest BCUT2D eigenvalue weighted by Gasteiger charge is 2.46. The van der Waals surface area contributed by atoms with Crippen molar-refractivity contribution in [2.75, 3.05) is 6.54 Å². The number of benzene rings is 1. The van der Waals surface area contributed by atoms with Gasteiger partial charge in [-0.15, -0.1) is 0 Å². The monoisotopic (exact) mass is 323 g/mol. The van der Waals surface area contributed by atoms with Crippen molar-refractivity contribution in [1.82, 2.24) is 5.32 Å². The van der Waals surface area contributed by atoms with Gasteiger partial charge in [0.2, 0.25) is 0 Å². The number of halogens is 3. The van der Waals surface area contributed by atoms with Crippen LogP contribution in [0, 0.1) is 0 Å². The van der Waals surface area contributed by atoms with Crippen LogP contribution < -0.4 is 5.32 Å². The second-order valence-electron chi connectivity index (χ2n) is 4.88. The van der Waals surface area contributed by atoms with E-state index in [2.05, 4.69) is 5.32 Å². The first kappa shape index (κ1) is 18.0. The summed E-state index contributed by atoms with van der Waals surface area (Å²) in [7, 11) is -5.27. The third kappa shape index (κ3) is 3.97. The van der Waals surface area contributed by atoms with Crippen LogP contribution in [0.4, 0.5) is 13.2 Å². The van der Waals surface area contributed by atoms with Crippen LogP contribution in [0.15, 0.2) is 29.2 Å². The number of hydrogen-bond donors (Lipinski definition) is 1. The van der Waals surface area contributed by atoms with Gasteiger partial charge in [0.15, 0.2) is 0 Å². The minimum Gasteiger partial charge on any atom is -0.314 e. The molecule has 0 aliphatic carbocycles. The lowest BCUT2D eigenvalue weighted by atomic mass is 9.90. The first-order valence-electron chi connectivity index (χ1n) is 6.79. The number of rotatable bonds is 6. The lowest BCUT2D eigenvalue weighted by Gasteiger charge is -2.24. The van der Waals surface area contributed by atoms with Crippen molar-refractivity contribution in [2.45, 2.75) is 49.6 Å². The largest absolute Gasteiger partial charge is 0.501 e. The number of hydrogen-bond acceptors (Lipinski definition) is 3. The van der Waals surface area contributed by atoms with Gasteiger partial charge in [-0.1, -0.05) is 26.0 Å². The zero-order valence-corrected chi connectivity index (χ0v) is 13.1. The summed E-state index contributed by atoms with van der Waals surface area (Å²) in [6.07, 6.45) is 0.805. The Bertz CT molecular complexity index is 553. The summed E-state index contributed by atoms with van der Waals surface area (Å²) in [6, 6.07) is 5.13. The van der Waals surface area contributed by atoms with E-state index in [0.29, 0.717) is 0 Å². The summed E-state index contributed by atoms with van der Waals surface area (Å²) in [6.45, 7) is 6.75. The molecule has 1 N–H and O–H groups in total. The molecule has 0 saturated carbocycles. The highest BCUT2D eigenvalue weighted by atomic mass is 32.2. The predicted molar refractivity (Wildman–Crippen MR) is 75.9 cm³/mol. The molecular formula is C14H20F3NO2S. The van der Waals surface area contributed by atoms with E-state index in [1.807, 2.05) is 20.8 Å². The standard InChI is InChI=1S/C14H20F3NO2S/c1-4-13(10(3)18-5-2)11-6-8-12(9-7-11)21(19,20)14(15,16)17/h6-10,13,18H,4-5H2,1-3H3. The molecule has 21 heavy (non-hydrogen) atoms. The van der Waals surface area contributed by atoms with E-state index in [4.69, 9.17) is 0 Å². The summed E-state index contributed by atoms with van der Waals surface area (Å²) in [5.41, 5.74) is -4.44. The van der Waals surface area contributed by atoms with Crippen LogP contribution >= 0.6 is 0 Å². The van der Waals surface area contributed by atoms with Crippen molar-refractivity contribution in [3.63, 3.8) is 0 Å². The van der Waals surface area contributed by atoms with Crippen LogP contribution in [-0.2, 0) is 9.84 Å². The Morgan fingerprint density at radius 2 is 1.67 bits per heavy atom. The predicted octanol–water partition coefficient (Wildman–Crippen LogP) is 3.47. The maximum Gasteiger partial charge on any atom is 0.501 e. The van der Waals surface area contributed by atoms with Gasteiger partial charge in [0.1, 0.15) is 0 Å². The Kier molecular flexibility index (Phi) is 5.81. The minimum absolute atomic E-state index is 0.118. The molecule has 1 rings (SSSR count). The SMILES string of the molecule is CCNC(C)C(CC)c1ccc(S(=O)(=O)C(F)(F)F)cc1. The van der Waals surface area contributed by atoms with Crippen LogP contribution in [0.2, 0.25) is 0 Å². The number of nitrogens with one attached hydrogen (secondary N) is 1. The average molecular weight is 323 g/mol. The van der Waals surface area contributed by atoms with Gasteiger partial charge in [-0.3, -0.25) is 0 Å². The fourth-order valence-corrected chi connectivity index (χ4v) is 3.13. The fourth-order valence-electron chi connectivity index (χ4n) is 2.37. The molecule has 0 aromatic heterocycles. The fraction of sp³-hybridized carbons (Fsp3) is 0.571. The summed E-state index contributed by atoms with van der Waals surface area (Å²) in [4.78, 5) is -0.718. The highest BCUT2D eigenvalue weighted by Crippen LogP contribution is 2.31. The molecule has 0 heterocycles. The Hall–Kier alpha value is -1.08. The molecule has 3 nitrogen and oxygen atoms in total. The van der Waals surface area contributed by atoms with Gasteiger partial charge in [-0.25, -0.2) is 8.42 Å². The summed E-state index contributed by atoms with van der Waals surface area (Å²) >= 11 is 0. The van der Waals surface area contributed by atoms with Gasteiger partial charge in [0, 0.05) is 6.04 Å². The summed E-state index contributed by atoms with van der Waals surface area (Å²) < 4.78 is 60.0. The van der Waals surface area contributed by atoms with E-state index in [-0.39, 0.29) is 12.0 Å². The molecule has 120 valence electrons. The molecule has 0 radical (unpaired) electrons. The summed E-state index contributed by atoms with van der Waals surface area (Å²) in [5, 5.41) is 3.27. The van der Waals surface area contributed by atoms with Crippen molar-refractivity contribution in [3.8, 4) is 0 Å². The van der Waals surface area contributed by atoms with Crippen LogP contribution in [0.5, 0.6) is 0 Å². The molecule has 0 saturated heterocycles. The van der Waals surface area contributed by atoms with E-state index in [1.54, 1.807) is 0 Å². The number of likely N-dealkylation sites (N-methyl/N-ethyl adjacent to an activating group) is 1. The van der Waals surface area contributed by atoms with Crippen molar-refractivity contribution in [3.05, 3.63) is 29.8 Å². The Balaban J connectivity index is 3.07. The smallest absolute Gasteiger partial charge is 0.314 e. The molecule has 0 aliphatic heterocycles. The van der Waals surface area contributed by atoms with E-state index in [9.17, 15) is 21.6 Å². The van der Waals surface area contributed by atoms with E-state index in [1.165, 1.54) is 12.1 Å². The second-order valence-corrected chi connectivity index (χ2v) is 6.82. The van der Waals surface area contributed by atoms with Crippen molar-refractivity contribution >= 4 is 9.84 Å². The molecule has 2 atom stereocenters. The maximum absolute atomic E-state index is 12.5. The second kappa shape index (κ2) is 6.79. The first-order valence-corrected chi connectivity index (χ1v) is 8.28. The molecular weight excluding hydrogens is 303 g/mol. The molecule has 0 aliphatic rings. The third-order valence-electron chi connectivity index (χ3n) is 3.49. The van der Waals surface area contributed by atoms with Crippen LogP contribution in [0.3, 0.4) is 0 Å². The Labute approximate surface area is 123 Å². The molecule has 2 unspecified atom stereocenters. The molecule has 0 amide bonds. The van der Waals surface area contributed by atoms with Gasteiger partial charge in [0.05, 0.1) is 4.90 Å². The lowest BCUT2D eigenvalue weighted by molar-refractivity contribution is -0.0436. The van der Waals surface area contributed by atoms with Gasteiger partial charge < -0.3 is 5.32 Å². The molecule has 7 heteroatoms. The van der Waals surface area contributed by atoms with E-state index >= 15 is 0 Å². The molecule has 1 aromatic rings. The zero-order valence-electron chi connectivity index (χ0n) is 12.2. The lowest BCUT2D eigenvalue weighted by Crippen LogP contribution is -2.31. The third-order valence-corrected chi connectivity index (χ3v) is 4.99. The van der Waals surface area contributed by atoms with E-state index < -0.39 is 20.2 Å². The molecule has 1 aromatic carbocycles. The van der Waals surface area contributed by atoms with Crippen molar-refractivity contribution in [1.29, 1.82) is 0 Å². The van der Waals surface area contributed by atoms with Gasteiger partial charge >= 0.3 is 5.51 Å².